The lowest BCUT2D eigenvalue weighted by Gasteiger charge is -2.33. The molecule has 1 unspecified atom stereocenters. The van der Waals surface area contributed by atoms with Crippen LogP contribution < -0.4 is 25.3 Å². The molecule has 198 valence electrons. The first-order valence-electron chi connectivity index (χ1n) is 13.4. The van der Waals surface area contributed by atoms with Gasteiger partial charge in [-0.15, -0.1) is 0 Å². The molecule has 1 aliphatic rings. The molecule has 2 rings (SSSR count). The zero-order valence-electron chi connectivity index (χ0n) is 21.9. The second-order valence-corrected chi connectivity index (χ2v) is 9.08. The zero-order valence-corrected chi connectivity index (χ0v) is 21.9. The molecule has 0 radical (unpaired) electrons. The van der Waals surface area contributed by atoms with Gasteiger partial charge in [-0.3, -0.25) is 4.79 Å². The van der Waals surface area contributed by atoms with Gasteiger partial charge in [-0.1, -0.05) is 46.1 Å². The van der Waals surface area contributed by atoms with Crippen molar-refractivity contribution in [1.29, 1.82) is 0 Å². The van der Waals surface area contributed by atoms with Crippen molar-refractivity contribution in [2.45, 2.75) is 91.0 Å². The number of hydrogen-bond acceptors (Lipinski definition) is 5. The van der Waals surface area contributed by atoms with Gasteiger partial charge < -0.3 is 30.2 Å². The Morgan fingerprint density at radius 1 is 0.943 bits per heavy atom. The number of urea groups is 1. The van der Waals surface area contributed by atoms with Crippen LogP contribution >= 0.6 is 0 Å². The molecule has 1 fully saturated rings. The normalized spacial score (nSPS) is 15.5. The number of nitrogens with two attached hydrogens (primary N) is 1. The van der Waals surface area contributed by atoms with Crippen molar-refractivity contribution < 1.29 is 23.8 Å². The van der Waals surface area contributed by atoms with Crippen molar-refractivity contribution in [3.8, 4) is 17.2 Å². The second-order valence-electron chi connectivity index (χ2n) is 9.08. The summed E-state index contributed by atoms with van der Waals surface area (Å²) < 4.78 is 18.4. The van der Waals surface area contributed by atoms with E-state index in [0.717, 1.165) is 56.9 Å². The number of rotatable bonds is 16. The molecule has 1 aromatic rings. The third-order valence-corrected chi connectivity index (χ3v) is 6.16. The summed E-state index contributed by atoms with van der Waals surface area (Å²) in [5.41, 5.74) is 6.47. The number of amides is 3. The molecule has 0 bridgehead atoms. The highest BCUT2D eigenvalue weighted by Gasteiger charge is 2.30. The minimum absolute atomic E-state index is 0.249. The molecule has 3 N–H and O–H groups in total. The van der Waals surface area contributed by atoms with Crippen LogP contribution in [0.4, 0.5) is 4.79 Å². The summed E-state index contributed by atoms with van der Waals surface area (Å²) in [6, 6.07) is 3.15. The van der Waals surface area contributed by atoms with Crippen molar-refractivity contribution in [2.24, 2.45) is 5.73 Å². The van der Waals surface area contributed by atoms with Crippen LogP contribution in [0.2, 0.25) is 0 Å². The molecule has 0 aliphatic carbocycles. The fraction of sp³-hybridized carbons (Fsp3) is 0.704. The second kappa shape index (κ2) is 16.1. The smallest absolute Gasteiger partial charge is 0.318 e. The van der Waals surface area contributed by atoms with Crippen LogP contribution in [-0.2, 0) is 11.2 Å². The van der Waals surface area contributed by atoms with Gasteiger partial charge >= 0.3 is 6.03 Å². The van der Waals surface area contributed by atoms with Gasteiger partial charge in [-0.05, 0) is 51.0 Å². The molecule has 0 saturated carbocycles. The van der Waals surface area contributed by atoms with Crippen LogP contribution in [0.5, 0.6) is 17.2 Å². The average Bonchev–Trinajstić information content (AvgIpc) is 2.86. The van der Waals surface area contributed by atoms with Crippen molar-refractivity contribution >= 4 is 11.9 Å². The standard InChI is InChI=1S/C27H45N3O5/c1-4-7-18-33-23-14-13-21(24(34-19-8-5-2)25(23)35-20-9-6-3)15-16-29-27(32)30-17-11-10-12-22(30)26(28)31/h13-14,22H,4-12,15-20H2,1-3H3,(H2,28,31)(H,29,32). The summed E-state index contributed by atoms with van der Waals surface area (Å²) in [5.74, 6) is 1.61. The fourth-order valence-corrected chi connectivity index (χ4v) is 4.03. The van der Waals surface area contributed by atoms with Crippen LogP contribution in [-0.4, -0.2) is 55.8 Å². The SMILES string of the molecule is CCCCOc1ccc(CCNC(=O)N2CCCCC2C(N)=O)c(OCCCC)c1OCCCC. The highest BCUT2D eigenvalue weighted by atomic mass is 16.5. The van der Waals surface area contributed by atoms with E-state index in [1.807, 2.05) is 12.1 Å². The molecule has 0 aromatic heterocycles. The van der Waals surface area contributed by atoms with Gasteiger partial charge in [-0.25, -0.2) is 4.79 Å². The first-order valence-corrected chi connectivity index (χ1v) is 13.4. The number of likely N-dealkylation sites (tertiary alicyclic amines) is 1. The minimum Gasteiger partial charge on any atom is -0.490 e. The molecule has 1 aromatic carbocycles. The van der Waals surface area contributed by atoms with E-state index in [9.17, 15) is 9.59 Å². The number of hydrogen-bond donors (Lipinski definition) is 2. The van der Waals surface area contributed by atoms with E-state index >= 15 is 0 Å². The van der Waals surface area contributed by atoms with Crippen molar-refractivity contribution in [1.82, 2.24) is 10.2 Å². The number of carbonyl (C=O) groups excluding carboxylic acids is 2. The number of nitrogens with one attached hydrogen (secondary N) is 1. The number of unbranched alkanes of at least 4 members (excludes halogenated alkanes) is 3. The molecule has 8 nitrogen and oxygen atoms in total. The molecule has 1 heterocycles. The van der Waals surface area contributed by atoms with Crippen molar-refractivity contribution in [3.63, 3.8) is 0 Å². The van der Waals surface area contributed by atoms with Crippen LogP contribution in [0.25, 0.3) is 0 Å². The van der Waals surface area contributed by atoms with E-state index in [-0.39, 0.29) is 6.03 Å². The molecule has 1 atom stereocenters. The summed E-state index contributed by atoms with van der Waals surface area (Å²) in [6.07, 6.45) is 8.95. The summed E-state index contributed by atoms with van der Waals surface area (Å²) in [7, 11) is 0. The van der Waals surface area contributed by atoms with E-state index in [1.54, 1.807) is 4.90 Å². The molecule has 1 saturated heterocycles. The largest absolute Gasteiger partial charge is 0.490 e. The van der Waals surface area contributed by atoms with E-state index in [1.165, 1.54) is 0 Å². The number of piperidine rings is 1. The Labute approximate surface area is 210 Å². The van der Waals surface area contributed by atoms with Crippen LogP contribution in [0.3, 0.4) is 0 Å². The molecular weight excluding hydrogens is 446 g/mol. The van der Waals surface area contributed by atoms with Crippen molar-refractivity contribution in [3.05, 3.63) is 17.7 Å². The average molecular weight is 492 g/mol. The third-order valence-electron chi connectivity index (χ3n) is 6.16. The van der Waals surface area contributed by atoms with Gasteiger partial charge in [0.15, 0.2) is 11.5 Å². The molecule has 35 heavy (non-hydrogen) atoms. The third kappa shape index (κ3) is 9.15. The van der Waals surface area contributed by atoms with E-state index in [0.29, 0.717) is 63.0 Å². The minimum atomic E-state index is -0.533. The number of nitrogens with zero attached hydrogens (tertiary/aromatic N) is 1. The molecule has 8 heteroatoms. The van der Waals surface area contributed by atoms with Crippen LogP contribution in [0.15, 0.2) is 12.1 Å². The number of ether oxygens (including phenoxy) is 3. The molecule has 1 aliphatic heterocycles. The lowest BCUT2D eigenvalue weighted by atomic mass is 10.0. The summed E-state index contributed by atoms with van der Waals surface area (Å²) >= 11 is 0. The van der Waals surface area contributed by atoms with Gasteiger partial charge in [0.1, 0.15) is 6.04 Å². The number of carbonyl (C=O) groups is 2. The maximum absolute atomic E-state index is 12.8. The summed E-state index contributed by atoms with van der Waals surface area (Å²) in [6.45, 7) is 9.16. The van der Waals surface area contributed by atoms with Gasteiger partial charge in [0.25, 0.3) is 0 Å². The first kappa shape index (κ1) is 28.6. The first-order chi connectivity index (χ1) is 17.0. The Bertz CT molecular complexity index is 786. The Kier molecular flexibility index (Phi) is 13.2. The summed E-state index contributed by atoms with van der Waals surface area (Å²) in [4.78, 5) is 26.1. The molecule has 0 spiro atoms. The molecular formula is C27H45N3O5. The van der Waals surface area contributed by atoms with E-state index < -0.39 is 11.9 Å². The number of primary amides is 1. The van der Waals surface area contributed by atoms with Crippen molar-refractivity contribution in [2.75, 3.05) is 32.9 Å². The highest BCUT2D eigenvalue weighted by molar-refractivity contribution is 5.86. The Morgan fingerprint density at radius 3 is 2.20 bits per heavy atom. The predicted molar refractivity (Wildman–Crippen MR) is 138 cm³/mol. The Hall–Kier alpha value is -2.64. The Balaban J connectivity index is 2.15. The van der Waals surface area contributed by atoms with Gasteiger partial charge in [0.05, 0.1) is 19.8 Å². The van der Waals surface area contributed by atoms with Gasteiger partial charge in [0.2, 0.25) is 11.7 Å². The topological polar surface area (TPSA) is 103 Å². The predicted octanol–water partition coefficient (Wildman–Crippen LogP) is 4.82. The monoisotopic (exact) mass is 491 g/mol. The van der Waals surface area contributed by atoms with E-state index in [2.05, 4.69) is 26.1 Å². The van der Waals surface area contributed by atoms with Gasteiger partial charge in [-0.2, -0.15) is 0 Å². The lowest BCUT2D eigenvalue weighted by molar-refractivity contribution is -0.123. The maximum atomic E-state index is 12.8. The Morgan fingerprint density at radius 2 is 1.57 bits per heavy atom. The quantitative estimate of drug-likeness (QED) is 0.323. The number of benzene rings is 1. The van der Waals surface area contributed by atoms with Gasteiger partial charge in [0, 0.05) is 18.7 Å². The lowest BCUT2D eigenvalue weighted by Crippen LogP contribution is -2.54. The van der Waals surface area contributed by atoms with Crippen LogP contribution in [0.1, 0.15) is 84.1 Å². The zero-order chi connectivity index (χ0) is 25.5. The fourth-order valence-electron chi connectivity index (χ4n) is 4.03. The maximum Gasteiger partial charge on any atom is 0.318 e. The van der Waals surface area contributed by atoms with Crippen LogP contribution in [0, 0.1) is 0 Å². The molecule has 3 amide bonds. The summed E-state index contributed by atoms with van der Waals surface area (Å²) in [5, 5.41) is 2.96. The highest BCUT2D eigenvalue weighted by Crippen LogP contribution is 2.41. The van der Waals surface area contributed by atoms with E-state index in [4.69, 9.17) is 19.9 Å².